The molecule has 1 rings (SSSR count). The summed E-state index contributed by atoms with van der Waals surface area (Å²) in [6.07, 6.45) is -0.379. The maximum Gasteiger partial charge on any atom is 0.410 e. The van der Waals surface area contributed by atoms with Crippen LogP contribution in [0.25, 0.3) is 0 Å². The molecule has 1 aliphatic heterocycles. The van der Waals surface area contributed by atoms with Gasteiger partial charge in [-0.3, -0.25) is 4.79 Å². The molecule has 0 bridgehead atoms. The summed E-state index contributed by atoms with van der Waals surface area (Å²) >= 11 is 3.95. The molecular formula is C11H19NO4S. The molecule has 1 heterocycles. The lowest BCUT2D eigenvalue weighted by Crippen LogP contribution is -2.54. The van der Waals surface area contributed by atoms with Gasteiger partial charge in [-0.2, -0.15) is 12.6 Å². The van der Waals surface area contributed by atoms with Crippen molar-refractivity contribution in [1.29, 1.82) is 0 Å². The van der Waals surface area contributed by atoms with Crippen molar-refractivity contribution in [3.8, 4) is 0 Å². The van der Waals surface area contributed by atoms with E-state index < -0.39 is 5.60 Å². The third-order valence-electron chi connectivity index (χ3n) is 2.20. The molecule has 1 fully saturated rings. The van der Waals surface area contributed by atoms with Crippen LogP contribution in [0.5, 0.6) is 0 Å². The first kappa shape index (κ1) is 14.2. The van der Waals surface area contributed by atoms with Gasteiger partial charge in [0.15, 0.2) is 0 Å². The summed E-state index contributed by atoms with van der Waals surface area (Å²) < 4.78 is 10.1. The first-order valence-electron chi connectivity index (χ1n) is 5.59. The van der Waals surface area contributed by atoms with Gasteiger partial charge in [0.1, 0.15) is 12.2 Å². The van der Waals surface area contributed by atoms with E-state index in [1.165, 1.54) is 4.90 Å². The van der Waals surface area contributed by atoms with Gasteiger partial charge in [-0.05, 0) is 20.8 Å². The smallest absolute Gasteiger partial charge is 0.410 e. The molecule has 6 heteroatoms. The van der Waals surface area contributed by atoms with Crippen LogP contribution >= 0.6 is 12.6 Å². The van der Waals surface area contributed by atoms with E-state index in [4.69, 9.17) is 9.47 Å². The maximum atomic E-state index is 11.6. The van der Waals surface area contributed by atoms with Crippen molar-refractivity contribution in [3.05, 3.63) is 0 Å². The van der Waals surface area contributed by atoms with E-state index in [1.54, 1.807) is 0 Å². The van der Waals surface area contributed by atoms with Gasteiger partial charge in [0.25, 0.3) is 0 Å². The van der Waals surface area contributed by atoms with Gasteiger partial charge in [-0.25, -0.2) is 4.79 Å². The van der Waals surface area contributed by atoms with Gasteiger partial charge in [0, 0.05) is 18.8 Å². The number of thiol groups is 1. The number of esters is 1. The first-order chi connectivity index (χ1) is 7.83. The van der Waals surface area contributed by atoms with Gasteiger partial charge in [-0.15, -0.1) is 0 Å². The highest BCUT2D eigenvalue weighted by molar-refractivity contribution is 7.80. The summed E-state index contributed by atoms with van der Waals surface area (Å²) in [4.78, 5) is 24.5. The Morgan fingerprint density at radius 3 is 2.41 bits per heavy atom. The van der Waals surface area contributed by atoms with Gasteiger partial charge >= 0.3 is 12.1 Å². The highest BCUT2D eigenvalue weighted by Gasteiger charge is 2.38. The Bertz CT molecular complexity index is 294. The number of carbonyl (C=O) groups excluding carboxylic acids is 2. The minimum absolute atomic E-state index is 0.220. The Hall–Kier alpha value is -0.910. The number of hydrogen-bond donors (Lipinski definition) is 1. The number of rotatable bonds is 3. The number of ether oxygens (including phenoxy) is 2. The van der Waals surface area contributed by atoms with Crippen LogP contribution in [0, 0.1) is 5.92 Å². The third kappa shape index (κ3) is 4.46. The second-order valence-corrected chi connectivity index (χ2v) is 5.42. The normalized spacial score (nSPS) is 16.4. The zero-order valence-corrected chi connectivity index (χ0v) is 11.3. The number of amides is 1. The number of carbonyl (C=O) groups is 2. The fourth-order valence-electron chi connectivity index (χ4n) is 1.37. The van der Waals surface area contributed by atoms with Crippen molar-refractivity contribution >= 4 is 24.7 Å². The molecule has 17 heavy (non-hydrogen) atoms. The summed E-state index contributed by atoms with van der Waals surface area (Å²) in [7, 11) is 0. The average Bonchev–Trinajstić information content (AvgIpc) is 2.09. The quantitative estimate of drug-likeness (QED) is 0.615. The Morgan fingerprint density at radius 2 is 1.94 bits per heavy atom. The van der Waals surface area contributed by atoms with E-state index in [0.717, 1.165) is 0 Å². The molecule has 0 spiro atoms. The molecule has 0 aromatic carbocycles. The molecule has 1 aliphatic rings. The van der Waals surface area contributed by atoms with Gasteiger partial charge in [0.2, 0.25) is 0 Å². The van der Waals surface area contributed by atoms with Crippen molar-refractivity contribution in [2.45, 2.75) is 26.4 Å². The lowest BCUT2D eigenvalue weighted by molar-refractivity contribution is -0.153. The van der Waals surface area contributed by atoms with Crippen LogP contribution in [-0.2, 0) is 14.3 Å². The molecule has 0 unspecified atom stereocenters. The van der Waals surface area contributed by atoms with Crippen LogP contribution in [-0.4, -0.2) is 48.0 Å². The fourth-order valence-corrected chi connectivity index (χ4v) is 1.46. The van der Waals surface area contributed by atoms with Crippen LogP contribution in [0.4, 0.5) is 4.79 Å². The molecule has 0 saturated carbocycles. The summed E-state index contributed by atoms with van der Waals surface area (Å²) in [6.45, 7) is 6.49. The lowest BCUT2D eigenvalue weighted by Gasteiger charge is -2.38. The molecular weight excluding hydrogens is 242 g/mol. The fraction of sp³-hybridized carbons (Fsp3) is 0.818. The molecule has 0 N–H and O–H groups in total. The summed E-state index contributed by atoms with van der Waals surface area (Å²) in [5, 5.41) is 0. The monoisotopic (exact) mass is 261 g/mol. The van der Waals surface area contributed by atoms with Gasteiger partial charge in [-0.1, -0.05) is 0 Å². The molecule has 0 aromatic heterocycles. The molecule has 1 amide bonds. The van der Waals surface area contributed by atoms with Crippen molar-refractivity contribution in [2.24, 2.45) is 5.92 Å². The topological polar surface area (TPSA) is 55.8 Å². The molecule has 0 atom stereocenters. The number of hydrogen-bond acceptors (Lipinski definition) is 5. The van der Waals surface area contributed by atoms with Crippen LogP contribution < -0.4 is 0 Å². The molecule has 0 radical (unpaired) electrons. The Labute approximate surface area is 107 Å². The molecule has 0 aromatic rings. The molecule has 1 saturated heterocycles. The van der Waals surface area contributed by atoms with Crippen molar-refractivity contribution < 1.29 is 19.1 Å². The minimum Gasteiger partial charge on any atom is -0.465 e. The first-order valence-corrected chi connectivity index (χ1v) is 6.22. The van der Waals surface area contributed by atoms with Crippen LogP contribution in [0.2, 0.25) is 0 Å². The summed E-state index contributed by atoms with van der Waals surface area (Å²) in [5.41, 5.74) is -0.505. The Kier molecular flexibility index (Phi) is 4.68. The summed E-state index contributed by atoms with van der Waals surface area (Å²) in [6, 6.07) is 0. The zero-order chi connectivity index (χ0) is 13.1. The minimum atomic E-state index is -0.505. The Morgan fingerprint density at radius 1 is 1.35 bits per heavy atom. The number of likely N-dealkylation sites (tertiary alicyclic amines) is 1. The van der Waals surface area contributed by atoms with E-state index in [0.29, 0.717) is 25.4 Å². The second kappa shape index (κ2) is 5.62. The van der Waals surface area contributed by atoms with E-state index in [9.17, 15) is 9.59 Å². The molecule has 98 valence electrons. The number of nitrogens with zero attached hydrogens (tertiary/aromatic N) is 1. The third-order valence-corrected chi connectivity index (χ3v) is 2.38. The average molecular weight is 261 g/mol. The molecule has 0 aliphatic carbocycles. The predicted octanol–water partition coefficient (Wildman–Crippen LogP) is 1.33. The van der Waals surface area contributed by atoms with E-state index in [1.807, 2.05) is 20.8 Å². The molecule has 5 nitrogen and oxygen atoms in total. The predicted molar refractivity (Wildman–Crippen MR) is 66.1 cm³/mol. The summed E-state index contributed by atoms with van der Waals surface area (Å²) in [5.74, 6) is 0.0232. The lowest BCUT2D eigenvalue weighted by atomic mass is 10.0. The van der Waals surface area contributed by atoms with Crippen molar-refractivity contribution in [3.63, 3.8) is 0 Å². The van der Waals surface area contributed by atoms with E-state index in [2.05, 4.69) is 12.6 Å². The second-order valence-electron chi connectivity index (χ2n) is 4.97. The standard InChI is InChI=1S/C11H19NO4S/c1-11(2,3)16-10(14)12-6-8(7-12)9(13)15-4-5-17/h8,17H,4-7H2,1-3H3. The highest BCUT2D eigenvalue weighted by Crippen LogP contribution is 2.20. The van der Waals surface area contributed by atoms with Gasteiger partial charge in [0.05, 0.1) is 5.92 Å². The van der Waals surface area contributed by atoms with Crippen LogP contribution in [0.1, 0.15) is 20.8 Å². The van der Waals surface area contributed by atoms with Crippen molar-refractivity contribution in [1.82, 2.24) is 4.90 Å². The van der Waals surface area contributed by atoms with E-state index >= 15 is 0 Å². The maximum absolute atomic E-state index is 11.6. The largest absolute Gasteiger partial charge is 0.465 e. The highest BCUT2D eigenvalue weighted by atomic mass is 32.1. The van der Waals surface area contributed by atoms with Crippen LogP contribution in [0.15, 0.2) is 0 Å². The SMILES string of the molecule is CC(C)(C)OC(=O)N1CC(C(=O)OCCS)C1. The zero-order valence-electron chi connectivity index (χ0n) is 10.4. The van der Waals surface area contributed by atoms with E-state index in [-0.39, 0.29) is 18.0 Å². The van der Waals surface area contributed by atoms with Crippen LogP contribution in [0.3, 0.4) is 0 Å². The van der Waals surface area contributed by atoms with Crippen molar-refractivity contribution in [2.75, 3.05) is 25.4 Å². The van der Waals surface area contributed by atoms with Gasteiger partial charge < -0.3 is 14.4 Å². The Balaban J connectivity index is 2.27.